The number of carbonyl (C=O) groups excluding carboxylic acids is 2. The van der Waals surface area contributed by atoms with Gasteiger partial charge in [-0.3, -0.25) is 9.59 Å². The van der Waals surface area contributed by atoms with Crippen LogP contribution >= 0.6 is 0 Å². The number of hydrogen-bond donors (Lipinski definition) is 3. The van der Waals surface area contributed by atoms with Crippen molar-refractivity contribution in [3.8, 4) is 11.5 Å². The third kappa shape index (κ3) is 8.14. The summed E-state index contributed by atoms with van der Waals surface area (Å²) in [6.45, 7) is 3.78. The van der Waals surface area contributed by atoms with E-state index in [-0.39, 0.29) is 23.9 Å². The van der Waals surface area contributed by atoms with Crippen molar-refractivity contribution in [2.75, 3.05) is 7.11 Å². The molecule has 0 aliphatic carbocycles. The fraction of sp³-hybridized carbons (Fsp3) is 0.387. The highest BCUT2D eigenvalue weighted by Gasteiger charge is 2.33. The summed E-state index contributed by atoms with van der Waals surface area (Å²) in [5.74, 6) is 0.968. The molecule has 1 amide bonds. The van der Waals surface area contributed by atoms with E-state index < -0.39 is 12.4 Å². The minimum atomic E-state index is -4.77. The Bertz CT molecular complexity index is 1480. The molecule has 0 bridgehead atoms. The number of aromatic amines is 1. The Balaban J connectivity index is 1.44. The van der Waals surface area contributed by atoms with Gasteiger partial charge in [-0.05, 0) is 72.8 Å². The average Bonchev–Trinajstić information content (AvgIpc) is 3.56. The van der Waals surface area contributed by atoms with Crippen molar-refractivity contribution in [1.29, 1.82) is 0 Å². The number of amides is 1. The molecule has 11 heteroatoms. The Morgan fingerprint density at radius 1 is 1.05 bits per heavy atom. The Morgan fingerprint density at radius 2 is 1.79 bits per heavy atom. The Morgan fingerprint density at radius 3 is 2.48 bits per heavy atom. The van der Waals surface area contributed by atoms with Gasteiger partial charge in [-0.1, -0.05) is 19.8 Å². The summed E-state index contributed by atoms with van der Waals surface area (Å²) in [5, 5.41) is 7.25. The first kappa shape index (κ1) is 30.7. The molecule has 1 radical (unpaired) electrons. The molecule has 0 saturated heterocycles. The Hall–Kier alpha value is -4.28. The maximum atomic E-state index is 13.3. The van der Waals surface area contributed by atoms with Crippen molar-refractivity contribution in [3.05, 3.63) is 65.5 Å². The first-order chi connectivity index (χ1) is 20.1. The van der Waals surface area contributed by atoms with Crippen molar-refractivity contribution in [1.82, 2.24) is 20.6 Å². The van der Waals surface area contributed by atoms with E-state index in [1.807, 2.05) is 32.0 Å². The topological polar surface area (TPSA) is 107 Å². The number of carbonyl (C=O) groups is 2. The van der Waals surface area contributed by atoms with E-state index in [2.05, 4.69) is 25.3 Å². The number of methoxy groups -OCH3 is 1. The normalized spacial score (nSPS) is 13.8. The number of aryl methyl sites for hydroxylation is 1. The molecular formula is C31H35F3N4O4+. The van der Waals surface area contributed by atoms with Crippen LogP contribution in [0.1, 0.15) is 62.3 Å². The van der Waals surface area contributed by atoms with Gasteiger partial charge in [-0.2, -0.15) is 0 Å². The minimum Gasteiger partial charge on any atom is -0.497 e. The number of aliphatic imine (C=N–C) groups is 1. The van der Waals surface area contributed by atoms with Gasteiger partial charge in [0.15, 0.2) is 11.9 Å². The molecule has 0 fully saturated rings. The van der Waals surface area contributed by atoms with Gasteiger partial charge in [0.25, 0.3) is 0 Å². The number of fused-ring (bicyclic) bond motifs is 1. The van der Waals surface area contributed by atoms with E-state index in [9.17, 15) is 22.8 Å². The van der Waals surface area contributed by atoms with Crippen LogP contribution in [0, 0.1) is 6.92 Å². The number of hydrogen-bond acceptors (Lipinski definition) is 6. The van der Waals surface area contributed by atoms with Crippen molar-refractivity contribution in [3.63, 3.8) is 0 Å². The third-order valence-electron chi connectivity index (χ3n) is 7.17. The number of alkyl halides is 3. The summed E-state index contributed by atoms with van der Waals surface area (Å²) in [6, 6.07) is 10.7. The minimum absolute atomic E-state index is 0.148. The predicted octanol–water partition coefficient (Wildman–Crippen LogP) is 5.68. The second-order valence-electron chi connectivity index (χ2n) is 10.2. The van der Waals surface area contributed by atoms with E-state index in [1.54, 1.807) is 13.3 Å². The largest absolute Gasteiger partial charge is 0.573 e. The second-order valence-corrected chi connectivity index (χ2v) is 10.2. The molecule has 8 nitrogen and oxygen atoms in total. The molecular weight excluding hydrogens is 549 g/mol. The van der Waals surface area contributed by atoms with Crippen LogP contribution in [0.2, 0.25) is 0 Å². The van der Waals surface area contributed by atoms with Crippen LogP contribution in [0.25, 0.3) is 16.6 Å². The maximum Gasteiger partial charge on any atom is 0.573 e. The van der Waals surface area contributed by atoms with Gasteiger partial charge in [0.2, 0.25) is 5.91 Å². The van der Waals surface area contributed by atoms with Gasteiger partial charge in [0.1, 0.15) is 23.3 Å². The molecule has 2 aromatic carbocycles. The summed E-state index contributed by atoms with van der Waals surface area (Å²) >= 11 is 0. The van der Waals surface area contributed by atoms with E-state index >= 15 is 0 Å². The van der Waals surface area contributed by atoms with Crippen molar-refractivity contribution in [2.45, 2.75) is 71.2 Å². The number of nitrogens with one attached hydrogen (secondary N) is 3. The van der Waals surface area contributed by atoms with Crippen molar-refractivity contribution < 1.29 is 32.2 Å². The average molecular weight is 585 g/mol. The number of Topliss-reactive ketones (excluding diaryl/α,β-unsaturated/α-hetero) is 1. The number of halogens is 3. The third-order valence-corrected chi connectivity index (χ3v) is 7.17. The van der Waals surface area contributed by atoms with Crippen LogP contribution in [0.3, 0.4) is 0 Å². The number of unbranched alkanes of at least 4 members (excludes halogenated alkanes) is 2. The number of rotatable bonds is 14. The Labute approximate surface area is 242 Å². The number of ketones is 1. The molecule has 42 heavy (non-hydrogen) atoms. The van der Waals surface area contributed by atoms with Gasteiger partial charge in [0.05, 0.1) is 13.5 Å². The lowest BCUT2D eigenvalue weighted by molar-refractivity contribution is -0.274. The zero-order valence-electron chi connectivity index (χ0n) is 23.9. The van der Waals surface area contributed by atoms with Gasteiger partial charge in [-0.15, -0.1) is 13.2 Å². The number of benzene rings is 2. The molecule has 1 aliphatic heterocycles. The van der Waals surface area contributed by atoms with Crippen LogP contribution in [0.5, 0.6) is 11.5 Å². The summed E-state index contributed by atoms with van der Waals surface area (Å²) in [7, 11) is 1.60. The molecule has 4 rings (SSSR count). The molecule has 3 aromatic rings. The second kappa shape index (κ2) is 13.6. The van der Waals surface area contributed by atoms with E-state index in [1.165, 1.54) is 24.3 Å². The number of nitrogens with zero attached hydrogens (tertiary/aromatic N) is 1. The van der Waals surface area contributed by atoms with E-state index in [0.717, 1.165) is 41.4 Å². The molecule has 1 atom stereocenters. The first-order valence-electron chi connectivity index (χ1n) is 13.9. The van der Waals surface area contributed by atoms with Crippen LogP contribution < -0.4 is 25.1 Å². The molecule has 0 saturated carbocycles. The molecule has 3 N–H and O–H groups in total. The first-order valence-corrected chi connectivity index (χ1v) is 13.9. The highest BCUT2D eigenvalue weighted by molar-refractivity contribution is 6.00. The summed E-state index contributed by atoms with van der Waals surface area (Å²) < 4.78 is 46.9. The number of H-pyrrole nitrogens is 1. The molecule has 0 unspecified atom stereocenters. The smallest absolute Gasteiger partial charge is 0.497 e. The zero-order chi connectivity index (χ0) is 30.3. The van der Waals surface area contributed by atoms with E-state index in [4.69, 9.17) is 4.74 Å². The SMILES string of the molecule is CCC(=O)CCCCC[C@H](NC(=O)Cc1c(C)[nH]c2ccc(OC)cc12)C1=[N+]C=C(c2ccc(OC(F)(F)F)cc2)N1. The van der Waals surface area contributed by atoms with E-state index in [0.29, 0.717) is 42.1 Å². The predicted molar refractivity (Wildman–Crippen MR) is 155 cm³/mol. The molecule has 2 heterocycles. The van der Waals surface area contributed by atoms with Gasteiger partial charge in [-0.25, -0.2) is 5.32 Å². The van der Waals surface area contributed by atoms with Crippen LogP contribution in [0.4, 0.5) is 13.2 Å². The highest BCUT2D eigenvalue weighted by atomic mass is 19.4. The Kier molecular flexibility index (Phi) is 9.92. The van der Waals surface area contributed by atoms with Gasteiger partial charge >= 0.3 is 12.2 Å². The summed E-state index contributed by atoms with van der Waals surface area (Å²) in [6.07, 6.45) is 0.996. The van der Waals surface area contributed by atoms with Gasteiger partial charge < -0.3 is 19.8 Å². The van der Waals surface area contributed by atoms with Gasteiger partial charge in [0, 0.05) is 35.0 Å². The molecule has 1 aromatic heterocycles. The van der Waals surface area contributed by atoms with Crippen molar-refractivity contribution in [2.24, 2.45) is 0 Å². The number of amidine groups is 1. The molecule has 0 spiro atoms. The fourth-order valence-electron chi connectivity index (χ4n) is 4.92. The molecule has 1 aliphatic rings. The van der Waals surface area contributed by atoms with Crippen molar-refractivity contribution >= 4 is 34.1 Å². The quantitative estimate of drug-likeness (QED) is 0.212. The number of aromatic nitrogens is 1. The summed E-state index contributed by atoms with van der Waals surface area (Å²) in [5.41, 5.74) is 3.89. The lowest BCUT2D eigenvalue weighted by atomic mass is 10.0. The monoisotopic (exact) mass is 584 g/mol. The van der Waals surface area contributed by atoms with Crippen LogP contribution in [0.15, 0.2) is 48.7 Å². The molecule has 223 valence electrons. The summed E-state index contributed by atoms with van der Waals surface area (Å²) in [4.78, 5) is 32.8. The fourth-order valence-corrected chi connectivity index (χ4v) is 4.92. The lowest BCUT2D eigenvalue weighted by Gasteiger charge is -2.16. The van der Waals surface area contributed by atoms with Crippen LogP contribution in [-0.2, 0) is 16.0 Å². The maximum absolute atomic E-state index is 13.3. The standard InChI is InChI=1S/C31H35F3N4O4/c1-4-21(39)8-6-5-7-9-27(30-35-18-28(38-30)20-10-12-22(13-11-20)42-31(32,33)34)37-29(40)17-24-19(2)36-26-15-14-23(41-3)16-25(24)26/h10-16,18,27,36,38H,4-9,17H2,1-3H3,(H,37,40)/q+1/t27-/m0/s1. The lowest BCUT2D eigenvalue weighted by Crippen LogP contribution is -2.47. The van der Waals surface area contributed by atoms with Crippen LogP contribution in [-0.4, -0.2) is 42.0 Å². The zero-order valence-corrected chi connectivity index (χ0v) is 23.9. The number of ether oxygens (including phenoxy) is 2. The highest BCUT2D eigenvalue weighted by Crippen LogP contribution is 2.27.